The number of carbonyl (C=O) groups excluding carboxylic acids is 1. The predicted octanol–water partition coefficient (Wildman–Crippen LogP) is 5.32. The molecule has 0 bridgehead atoms. The number of rotatable bonds is 13. The molecule has 3 aromatic carbocycles. The Morgan fingerprint density at radius 3 is 2.18 bits per heavy atom. The fourth-order valence-electron chi connectivity index (χ4n) is 6.00. The Morgan fingerprint density at radius 1 is 1.00 bits per heavy atom. The van der Waals surface area contributed by atoms with E-state index in [1.165, 1.54) is 0 Å². The van der Waals surface area contributed by atoms with Crippen LogP contribution in [0.2, 0.25) is 0 Å². The number of aliphatic hydroxyl groups is 1. The van der Waals surface area contributed by atoms with E-state index in [2.05, 4.69) is 25.3 Å². The van der Waals surface area contributed by atoms with Crippen LogP contribution in [0.1, 0.15) is 43.2 Å². The summed E-state index contributed by atoms with van der Waals surface area (Å²) in [5.41, 5.74) is 2.37. The highest BCUT2D eigenvalue weighted by Gasteiger charge is 2.42. The molecule has 1 aliphatic rings. The Bertz CT molecular complexity index is 1920. The lowest BCUT2D eigenvalue weighted by Gasteiger charge is -2.37. The second kappa shape index (κ2) is 15.3. The van der Waals surface area contributed by atoms with E-state index in [1.807, 2.05) is 93.0 Å². The van der Waals surface area contributed by atoms with Gasteiger partial charge in [-0.3, -0.25) is 14.7 Å². The van der Waals surface area contributed by atoms with E-state index in [4.69, 9.17) is 18.9 Å². The van der Waals surface area contributed by atoms with E-state index in [-0.39, 0.29) is 36.6 Å². The van der Waals surface area contributed by atoms with Crippen LogP contribution in [-0.4, -0.2) is 88.9 Å². The van der Waals surface area contributed by atoms with Gasteiger partial charge in [-0.1, -0.05) is 68.4 Å². The van der Waals surface area contributed by atoms with E-state index in [9.17, 15) is 9.90 Å². The summed E-state index contributed by atoms with van der Waals surface area (Å²) < 4.78 is 26.2. The van der Waals surface area contributed by atoms with Gasteiger partial charge < -0.3 is 29.0 Å². The van der Waals surface area contributed by atoms with Crippen LogP contribution in [0.5, 0.6) is 11.5 Å². The zero-order chi connectivity index (χ0) is 36.1. The highest BCUT2D eigenvalue weighted by molar-refractivity contribution is 5.92. The van der Waals surface area contributed by atoms with Crippen LogP contribution < -0.4 is 14.8 Å². The Labute approximate surface area is 296 Å². The molecule has 3 atom stereocenters. The van der Waals surface area contributed by atoms with Crippen LogP contribution in [-0.2, 0) is 19.9 Å². The van der Waals surface area contributed by atoms with Crippen molar-refractivity contribution >= 4 is 35.2 Å². The Balaban J connectivity index is 1.35. The molecule has 266 valence electrons. The number of carbonyl (C=O) groups is 1. The number of hydrogen-bond donors (Lipinski definition) is 2. The molecule has 51 heavy (non-hydrogen) atoms. The van der Waals surface area contributed by atoms with E-state index < -0.39 is 24.0 Å². The quantitative estimate of drug-likeness (QED) is 0.0945. The number of nitrogens with zero attached hydrogens (tertiary/aromatic N) is 6. The number of aliphatic hydroxyl groups excluding tert-OH is 1. The molecule has 1 aliphatic heterocycles. The number of nitrogens with one attached hydrogen (secondary N) is 1. The van der Waals surface area contributed by atoms with E-state index in [1.54, 1.807) is 50.2 Å². The average Bonchev–Trinajstić information content (AvgIpc) is 3.74. The second-order valence-corrected chi connectivity index (χ2v) is 12.8. The van der Waals surface area contributed by atoms with Crippen LogP contribution in [0.25, 0.3) is 11.2 Å². The van der Waals surface area contributed by atoms with E-state index >= 15 is 0 Å². The van der Waals surface area contributed by atoms with Crippen molar-refractivity contribution in [2.75, 3.05) is 40.2 Å². The fourth-order valence-corrected chi connectivity index (χ4v) is 6.00. The second-order valence-electron chi connectivity index (χ2n) is 12.8. The lowest BCUT2D eigenvalue weighted by Crippen LogP contribution is -2.38. The van der Waals surface area contributed by atoms with Crippen molar-refractivity contribution in [1.82, 2.24) is 24.4 Å². The number of benzene rings is 3. The van der Waals surface area contributed by atoms with Crippen LogP contribution >= 0.6 is 0 Å². The molecule has 0 saturated carbocycles. The van der Waals surface area contributed by atoms with Gasteiger partial charge in [0.2, 0.25) is 11.9 Å². The number of amides is 1. The highest BCUT2D eigenvalue weighted by atomic mass is 16.6. The fraction of sp³-hybridized carbons (Fsp3) is 0.342. The number of aliphatic imine (C=N–C) groups is 1. The lowest BCUT2D eigenvalue weighted by atomic mass is 9.80. The first-order valence-corrected chi connectivity index (χ1v) is 16.7. The van der Waals surface area contributed by atoms with Crippen molar-refractivity contribution in [2.45, 2.75) is 44.3 Å². The first-order valence-electron chi connectivity index (χ1n) is 16.7. The van der Waals surface area contributed by atoms with Crippen molar-refractivity contribution < 1.29 is 28.8 Å². The zero-order valence-corrected chi connectivity index (χ0v) is 29.6. The standard InChI is InChI=1S/C38H43N7O6/c1-24(2)36(47)43-37-41-34(40-22-44(3)4)33-35(42-37)45(23-39-33)32-20-30(46)31(51-32)21-50-38(25-10-8-7-9-11-25,26-12-16-28(48-5)17-13-26)27-14-18-29(49-6)19-15-27/h7-19,22-24,30-32,46H,20-21H2,1-6H3,(H,41,42,43,47)/b40-22+/t30-,31+,32+/m0/s1. The van der Waals surface area contributed by atoms with Gasteiger partial charge in [0, 0.05) is 26.4 Å². The Morgan fingerprint density at radius 2 is 1.61 bits per heavy atom. The summed E-state index contributed by atoms with van der Waals surface area (Å²) in [5, 5.41) is 14.2. The Kier molecular flexibility index (Phi) is 10.6. The third-order valence-electron chi connectivity index (χ3n) is 8.73. The molecule has 0 aliphatic carbocycles. The van der Waals surface area contributed by atoms with Crippen molar-refractivity contribution in [1.29, 1.82) is 0 Å². The molecule has 13 heteroatoms. The molecule has 2 N–H and O–H groups in total. The van der Waals surface area contributed by atoms with Gasteiger partial charge in [0.1, 0.15) is 29.4 Å². The summed E-state index contributed by atoms with van der Waals surface area (Å²) in [6, 6.07) is 25.5. The molecule has 6 rings (SSSR count). The largest absolute Gasteiger partial charge is 0.497 e. The third-order valence-corrected chi connectivity index (χ3v) is 8.73. The maximum atomic E-state index is 12.6. The number of hydrogen-bond acceptors (Lipinski definition) is 10. The molecule has 0 unspecified atom stereocenters. The third kappa shape index (κ3) is 7.41. The first-order chi connectivity index (χ1) is 24.6. The monoisotopic (exact) mass is 693 g/mol. The molecule has 1 amide bonds. The van der Waals surface area contributed by atoms with Crippen LogP contribution in [0, 0.1) is 5.92 Å². The van der Waals surface area contributed by atoms with Gasteiger partial charge in [0.15, 0.2) is 17.0 Å². The summed E-state index contributed by atoms with van der Waals surface area (Å²) in [5.74, 6) is 1.30. The highest BCUT2D eigenvalue weighted by Crippen LogP contribution is 2.43. The maximum absolute atomic E-state index is 12.6. The molecular weight excluding hydrogens is 650 g/mol. The van der Waals surface area contributed by atoms with E-state index in [0.717, 1.165) is 16.7 Å². The molecule has 2 aromatic heterocycles. The van der Waals surface area contributed by atoms with Gasteiger partial charge in [-0.2, -0.15) is 9.97 Å². The van der Waals surface area contributed by atoms with Crippen LogP contribution in [0.15, 0.2) is 90.2 Å². The smallest absolute Gasteiger partial charge is 0.233 e. The molecule has 5 aromatic rings. The molecule has 0 spiro atoms. The van der Waals surface area contributed by atoms with Gasteiger partial charge in [-0.15, -0.1) is 0 Å². The molecular formula is C38H43N7O6. The van der Waals surface area contributed by atoms with Gasteiger partial charge in [-0.25, -0.2) is 9.98 Å². The topological polar surface area (TPSA) is 145 Å². The van der Waals surface area contributed by atoms with Crippen molar-refractivity contribution in [3.63, 3.8) is 0 Å². The summed E-state index contributed by atoms with van der Waals surface area (Å²) >= 11 is 0. The summed E-state index contributed by atoms with van der Waals surface area (Å²) in [6.45, 7) is 3.62. The van der Waals surface area contributed by atoms with Crippen molar-refractivity contribution in [3.8, 4) is 11.5 Å². The van der Waals surface area contributed by atoms with Crippen molar-refractivity contribution in [2.24, 2.45) is 10.9 Å². The zero-order valence-electron chi connectivity index (χ0n) is 29.6. The Hall–Kier alpha value is -5.37. The number of methoxy groups -OCH3 is 2. The lowest BCUT2D eigenvalue weighted by molar-refractivity contribution is -0.118. The summed E-state index contributed by atoms with van der Waals surface area (Å²) in [4.78, 5) is 32.5. The van der Waals surface area contributed by atoms with Gasteiger partial charge in [0.25, 0.3) is 0 Å². The van der Waals surface area contributed by atoms with Crippen molar-refractivity contribution in [3.05, 3.63) is 102 Å². The van der Waals surface area contributed by atoms with Gasteiger partial charge in [-0.05, 0) is 41.0 Å². The predicted molar refractivity (Wildman–Crippen MR) is 193 cm³/mol. The molecule has 1 saturated heterocycles. The SMILES string of the molecule is COc1ccc(C(OC[C@H]2O[C@@H](n3cnc4c(/N=C/N(C)C)nc(NC(=O)C(C)C)nc43)C[C@@H]2O)(c2ccccc2)c2ccc(OC)cc2)cc1. The number of imidazole rings is 1. The van der Waals surface area contributed by atoms with Crippen LogP contribution in [0.4, 0.5) is 11.8 Å². The minimum absolute atomic E-state index is 0.0420. The van der Waals surface area contributed by atoms with Gasteiger partial charge in [0.05, 0.1) is 39.6 Å². The molecule has 3 heterocycles. The van der Waals surface area contributed by atoms with Crippen LogP contribution in [0.3, 0.4) is 0 Å². The maximum Gasteiger partial charge on any atom is 0.233 e. The molecule has 13 nitrogen and oxygen atoms in total. The number of fused-ring (bicyclic) bond motifs is 1. The minimum Gasteiger partial charge on any atom is -0.497 e. The minimum atomic E-state index is -1.08. The summed E-state index contributed by atoms with van der Waals surface area (Å²) in [7, 11) is 6.94. The number of anilines is 1. The molecule has 1 fully saturated rings. The first kappa shape index (κ1) is 35.5. The summed E-state index contributed by atoms with van der Waals surface area (Å²) in [6.07, 6.45) is 1.22. The average molecular weight is 694 g/mol. The number of aromatic nitrogens is 4. The van der Waals surface area contributed by atoms with E-state index in [0.29, 0.717) is 22.7 Å². The molecule has 0 radical (unpaired) electrons. The normalized spacial score (nSPS) is 17.7. The number of ether oxygens (including phenoxy) is 4. The van der Waals surface area contributed by atoms with Gasteiger partial charge >= 0.3 is 0 Å².